The first-order valence-corrected chi connectivity index (χ1v) is 9.53. The van der Waals surface area contributed by atoms with E-state index in [1.54, 1.807) is 12.1 Å². The van der Waals surface area contributed by atoms with Crippen molar-refractivity contribution in [2.24, 2.45) is 0 Å². The molecule has 26 heavy (non-hydrogen) atoms. The van der Waals surface area contributed by atoms with Crippen LogP contribution in [0.4, 0.5) is 5.69 Å². The highest BCUT2D eigenvalue weighted by Crippen LogP contribution is 2.29. The maximum atomic E-state index is 10.7. The van der Waals surface area contributed by atoms with Crippen LogP contribution < -0.4 is 0 Å². The highest BCUT2D eigenvalue weighted by atomic mass is 32.2. The molecule has 0 atom stereocenters. The number of likely N-dealkylation sites (tertiary alicyclic amines) is 1. The van der Waals surface area contributed by atoms with Crippen molar-refractivity contribution in [3.8, 4) is 11.8 Å². The van der Waals surface area contributed by atoms with E-state index in [1.165, 1.54) is 17.7 Å². The number of nitro benzene ring substituents is 1. The zero-order valence-corrected chi connectivity index (χ0v) is 16.0. The van der Waals surface area contributed by atoms with Crippen LogP contribution in [0.25, 0.3) is 0 Å². The van der Waals surface area contributed by atoms with Gasteiger partial charge in [0.1, 0.15) is 0 Å². The molecule has 0 bridgehead atoms. The van der Waals surface area contributed by atoms with E-state index in [1.807, 2.05) is 12.1 Å². The quantitative estimate of drug-likeness (QED) is 0.272. The van der Waals surface area contributed by atoms with Crippen LogP contribution in [0.1, 0.15) is 35.4 Å². The molecule has 1 saturated heterocycles. The summed E-state index contributed by atoms with van der Waals surface area (Å²) in [4.78, 5) is 12.5. The molecule has 3 rings (SSSR count). The molecule has 1 aliphatic heterocycles. The largest absolute Gasteiger partial charge is 0.283 e. The van der Waals surface area contributed by atoms with Gasteiger partial charge in [-0.15, -0.1) is 25.3 Å². The van der Waals surface area contributed by atoms with Crippen LogP contribution in [0.3, 0.4) is 0 Å². The molecule has 1 heterocycles. The van der Waals surface area contributed by atoms with Crippen molar-refractivity contribution in [2.45, 2.75) is 23.5 Å². The fourth-order valence-electron chi connectivity index (χ4n) is 3.11. The molecular formula is C20H20N2O2S2. The van der Waals surface area contributed by atoms with Gasteiger partial charge in [0.25, 0.3) is 5.69 Å². The Labute approximate surface area is 164 Å². The zero-order chi connectivity index (χ0) is 18.5. The third-order valence-corrected chi connectivity index (χ3v) is 5.32. The Morgan fingerprint density at radius 1 is 0.962 bits per heavy atom. The Balaban J connectivity index is 1.63. The summed E-state index contributed by atoms with van der Waals surface area (Å²) in [5.74, 6) is 6.73. The van der Waals surface area contributed by atoms with Crippen LogP contribution in [-0.2, 0) is 0 Å². The Hall–Kier alpha value is -1.94. The summed E-state index contributed by atoms with van der Waals surface area (Å²) >= 11 is 8.76. The van der Waals surface area contributed by atoms with Gasteiger partial charge in [-0.2, -0.15) is 0 Å². The minimum absolute atomic E-state index is 0.0213. The van der Waals surface area contributed by atoms with Crippen molar-refractivity contribution >= 4 is 30.9 Å². The van der Waals surface area contributed by atoms with Crippen LogP contribution in [0.5, 0.6) is 0 Å². The number of thiol groups is 2. The SMILES string of the molecule is O=[N+]([O-])c1ccc(C#Cc2ccc(C3CCN(C(S)S)CC3)cc2)cc1. The Kier molecular flexibility index (Phi) is 6.25. The molecule has 1 fully saturated rings. The maximum absolute atomic E-state index is 10.7. The second-order valence-electron chi connectivity index (χ2n) is 6.33. The van der Waals surface area contributed by atoms with Gasteiger partial charge in [-0.1, -0.05) is 24.0 Å². The Morgan fingerprint density at radius 3 is 1.92 bits per heavy atom. The highest BCUT2D eigenvalue weighted by Gasteiger charge is 2.22. The second kappa shape index (κ2) is 8.63. The fourth-order valence-corrected chi connectivity index (χ4v) is 3.58. The van der Waals surface area contributed by atoms with Gasteiger partial charge in [-0.25, -0.2) is 0 Å². The van der Waals surface area contributed by atoms with Crippen LogP contribution in [0.2, 0.25) is 0 Å². The zero-order valence-electron chi connectivity index (χ0n) is 14.2. The number of non-ortho nitro benzene ring substituents is 1. The molecule has 2 aromatic carbocycles. The molecule has 0 N–H and O–H groups in total. The Morgan fingerprint density at radius 2 is 1.46 bits per heavy atom. The lowest BCUT2D eigenvalue weighted by Gasteiger charge is -2.33. The minimum atomic E-state index is -0.410. The van der Waals surface area contributed by atoms with E-state index in [-0.39, 0.29) is 10.4 Å². The van der Waals surface area contributed by atoms with Gasteiger partial charge in [-0.3, -0.25) is 15.0 Å². The predicted molar refractivity (Wildman–Crippen MR) is 111 cm³/mol. The number of benzene rings is 2. The van der Waals surface area contributed by atoms with Gasteiger partial charge in [0.05, 0.1) is 9.63 Å². The van der Waals surface area contributed by atoms with Crippen LogP contribution >= 0.6 is 25.3 Å². The monoisotopic (exact) mass is 384 g/mol. The number of nitro groups is 1. The normalized spacial score (nSPS) is 15.5. The Bertz CT molecular complexity index is 816. The second-order valence-corrected chi connectivity index (χ2v) is 7.72. The topological polar surface area (TPSA) is 46.4 Å². The molecule has 134 valence electrons. The van der Waals surface area contributed by atoms with E-state index < -0.39 is 4.92 Å². The van der Waals surface area contributed by atoms with Crippen molar-refractivity contribution in [1.29, 1.82) is 0 Å². The molecule has 4 nitrogen and oxygen atoms in total. The fraction of sp³-hybridized carbons (Fsp3) is 0.300. The van der Waals surface area contributed by atoms with Gasteiger partial charge < -0.3 is 0 Å². The molecule has 2 aromatic rings. The maximum Gasteiger partial charge on any atom is 0.269 e. The molecule has 0 amide bonds. The summed E-state index contributed by atoms with van der Waals surface area (Å²) in [6, 6.07) is 14.7. The first kappa shape index (κ1) is 18.8. The molecule has 0 aromatic heterocycles. The van der Waals surface area contributed by atoms with Gasteiger partial charge >= 0.3 is 0 Å². The average molecular weight is 385 g/mol. The molecule has 0 spiro atoms. The van der Waals surface area contributed by atoms with Crippen molar-refractivity contribution in [3.05, 3.63) is 75.3 Å². The summed E-state index contributed by atoms with van der Waals surface area (Å²) in [6.45, 7) is 2.04. The third kappa shape index (κ3) is 4.82. The van der Waals surface area contributed by atoms with Crippen LogP contribution in [0, 0.1) is 22.0 Å². The van der Waals surface area contributed by atoms with Crippen LogP contribution in [0.15, 0.2) is 48.5 Å². The predicted octanol–water partition coefficient (Wildman–Crippen LogP) is 4.32. The molecule has 0 unspecified atom stereocenters. The molecular weight excluding hydrogens is 364 g/mol. The number of hydrogen-bond donors (Lipinski definition) is 2. The molecule has 0 saturated carbocycles. The molecule has 0 radical (unpaired) electrons. The van der Waals surface area contributed by atoms with Crippen LogP contribution in [-0.4, -0.2) is 27.6 Å². The highest BCUT2D eigenvalue weighted by molar-refractivity contribution is 7.99. The first-order chi connectivity index (χ1) is 12.5. The van der Waals surface area contributed by atoms with Crippen molar-refractivity contribution in [2.75, 3.05) is 13.1 Å². The molecule has 0 aliphatic carbocycles. The summed E-state index contributed by atoms with van der Waals surface area (Å²) in [5.41, 5.74) is 3.13. The minimum Gasteiger partial charge on any atom is -0.283 e. The van der Waals surface area contributed by atoms with E-state index >= 15 is 0 Å². The lowest BCUT2D eigenvalue weighted by Crippen LogP contribution is -2.35. The average Bonchev–Trinajstić information content (AvgIpc) is 2.67. The van der Waals surface area contributed by atoms with Crippen molar-refractivity contribution in [1.82, 2.24) is 4.90 Å². The van der Waals surface area contributed by atoms with Crippen molar-refractivity contribution < 1.29 is 4.92 Å². The summed E-state index contributed by atoms with van der Waals surface area (Å²) in [7, 11) is 0. The third-order valence-electron chi connectivity index (χ3n) is 4.67. The first-order valence-electron chi connectivity index (χ1n) is 8.49. The van der Waals surface area contributed by atoms with Crippen molar-refractivity contribution in [3.63, 3.8) is 0 Å². The van der Waals surface area contributed by atoms with Gasteiger partial charge in [-0.05, 0) is 48.6 Å². The van der Waals surface area contributed by atoms with E-state index in [9.17, 15) is 10.1 Å². The summed E-state index contributed by atoms with van der Waals surface area (Å²) in [5, 5.41) is 10.7. The lowest BCUT2D eigenvalue weighted by atomic mass is 9.89. The van der Waals surface area contributed by atoms with Gasteiger partial charge in [0, 0.05) is 36.3 Å². The van der Waals surface area contributed by atoms with E-state index in [2.05, 4.69) is 54.1 Å². The number of rotatable bonds is 3. The molecule has 1 aliphatic rings. The van der Waals surface area contributed by atoms with Gasteiger partial charge in [0.2, 0.25) is 0 Å². The summed E-state index contributed by atoms with van der Waals surface area (Å²) in [6.07, 6.45) is 2.23. The standard InChI is InChI=1S/C20H20N2O2S2/c23-22(24)19-9-5-16(6-10-19)2-1-15-3-7-17(8-4-15)18-11-13-21(14-12-18)20(25)26/h3-10,18,20,25-26H,11-14H2. The number of nitrogens with zero attached hydrogens (tertiary/aromatic N) is 2. The smallest absolute Gasteiger partial charge is 0.269 e. The lowest BCUT2D eigenvalue weighted by molar-refractivity contribution is -0.384. The molecule has 6 heteroatoms. The van der Waals surface area contributed by atoms with E-state index in [0.29, 0.717) is 5.92 Å². The summed E-state index contributed by atoms with van der Waals surface area (Å²) < 4.78 is 0.0213. The van der Waals surface area contributed by atoms with E-state index in [0.717, 1.165) is 37.1 Å². The van der Waals surface area contributed by atoms with Gasteiger partial charge in [0.15, 0.2) is 0 Å². The number of piperidine rings is 1. The number of hydrogen-bond acceptors (Lipinski definition) is 5. The van der Waals surface area contributed by atoms with E-state index in [4.69, 9.17) is 0 Å².